The number of nitrogens with one attached hydrogen (secondary N) is 1. The Morgan fingerprint density at radius 2 is 1.93 bits per heavy atom. The van der Waals surface area contributed by atoms with Crippen LogP contribution in [0.4, 0.5) is 11.4 Å². The molecule has 0 radical (unpaired) electrons. The number of hydrogen-bond acceptors (Lipinski definition) is 6. The second-order valence-electron chi connectivity index (χ2n) is 6.91. The highest BCUT2D eigenvalue weighted by molar-refractivity contribution is 5.97. The molecule has 1 aliphatic heterocycles. The Hall–Kier alpha value is -2.27. The normalized spacial score (nSPS) is 14.7. The molecule has 0 bridgehead atoms. The quantitative estimate of drug-likeness (QED) is 0.405. The smallest absolute Gasteiger partial charge is 0.266 e. The van der Waals surface area contributed by atoms with E-state index >= 15 is 0 Å². The molecule has 1 amide bonds. The van der Waals surface area contributed by atoms with Gasteiger partial charge in [-0.25, -0.2) is 0 Å². The molecule has 0 saturated carbocycles. The lowest BCUT2D eigenvalue weighted by Crippen LogP contribution is -3.00. The van der Waals surface area contributed by atoms with Crippen LogP contribution in [0.3, 0.4) is 0 Å². The molecule has 0 aromatic heterocycles. The molecule has 29 heavy (non-hydrogen) atoms. The van der Waals surface area contributed by atoms with E-state index in [0.717, 1.165) is 44.0 Å². The zero-order chi connectivity index (χ0) is 20.5. The van der Waals surface area contributed by atoms with Crippen molar-refractivity contribution in [3.63, 3.8) is 0 Å². The van der Waals surface area contributed by atoms with Crippen molar-refractivity contribution >= 4 is 17.3 Å². The van der Waals surface area contributed by atoms with Gasteiger partial charge in [0, 0.05) is 69.9 Å². The number of nitrogens with two attached hydrogens (primary N) is 1. The van der Waals surface area contributed by atoms with Gasteiger partial charge >= 0.3 is 0 Å². The maximum absolute atomic E-state index is 12.7. The zero-order valence-corrected chi connectivity index (χ0v) is 18.4. The van der Waals surface area contributed by atoms with Gasteiger partial charge in [-0.2, -0.15) is 5.26 Å². The van der Waals surface area contributed by atoms with E-state index in [1.807, 2.05) is 19.1 Å². The maximum Gasteiger partial charge on any atom is 0.266 e. The molecule has 160 valence electrons. The number of nitrogens with zero attached hydrogens (tertiary/aromatic N) is 4. The summed E-state index contributed by atoms with van der Waals surface area (Å²) in [7, 11) is 0. The Balaban J connectivity index is 0.00000420. The minimum atomic E-state index is -0.222. The Labute approximate surface area is 180 Å². The van der Waals surface area contributed by atoms with Crippen molar-refractivity contribution < 1.29 is 17.2 Å². The van der Waals surface area contributed by atoms with Crippen molar-refractivity contribution in [3.05, 3.63) is 35.5 Å². The molecular formula is C21H32ClN6O-. The second kappa shape index (κ2) is 12.3. The number of carbonyl (C=O) groups is 1. The summed E-state index contributed by atoms with van der Waals surface area (Å²) >= 11 is 0. The van der Waals surface area contributed by atoms with Crippen molar-refractivity contribution in [3.8, 4) is 6.07 Å². The van der Waals surface area contributed by atoms with Crippen LogP contribution in [0.25, 0.3) is 0 Å². The van der Waals surface area contributed by atoms with Gasteiger partial charge in [-0.05, 0) is 44.5 Å². The van der Waals surface area contributed by atoms with Crippen LogP contribution in [0, 0.1) is 18.3 Å². The number of amides is 1. The van der Waals surface area contributed by atoms with E-state index in [1.165, 1.54) is 11.9 Å². The average molecular weight is 420 g/mol. The van der Waals surface area contributed by atoms with E-state index in [1.54, 1.807) is 4.90 Å². The van der Waals surface area contributed by atoms with Crippen LogP contribution in [0.2, 0.25) is 0 Å². The lowest BCUT2D eigenvalue weighted by molar-refractivity contribution is -0.128. The molecule has 2 rings (SSSR count). The van der Waals surface area contributed by atoms with E-state index in [0.29, 0.717) is 19.6 Å². The highest BCUT2D eigenvalue weighted by Crippen LogP contribution is 2.23. The number of benzene rings is 1. The fourth-order valence-electron chi connectivity index (χ4n) is 3.41. The Morgan fingerprint density at radius 1 is 1.28 bits per heavy atom. The van der Waals surface area contributed by atoms with Crippen molar-refractivity contribution in [2.75, 3.05) is 62.6 Å². The molecule has 1 fully saturated rings. The van der Waals surface area contributed by atoms with Crippen molar-refractivity contribution in [2.24, 2.45) is 5.73 Å². The molecule has 0 atom stereocenters. The van der Waals surface area contributed by atoms with Crippen LogP contribution in [-0.2, 0) is 4.79 Å². The fourth-order valence-corrected chi connectivity index (χ4v) is 3.41. The number of hydrogen-bond donors (Lipinski definition) is 2. The fraction of sp³-hybridized carbons (Fsp3) is 0.524. The third kappa shape index (κ3) is 6.64. The summed E-state index contributed by atoms with van der Waals surface area (Å²) in [5.41, 5.74) is 8.84. The molecule has 1 aliphatic rings. The molecular weight excluding hydrogens is 388 g/mol. The van der Waals surface area contributed by atoms with E-state index < -0.39 is 0 Å². The van der Waals surface area contributed by atoms with E-state index in [-0.39, 0.29) is 23.9 Å². The van der Waals surface area contributed by atoms with E-state index in [2.05, 4.69) is 41.1 Å². The summed E-state index contributed by atoms with van der Waals surface area (Å²) in [4.78, 5) is 18.9. The summed E-state index contributed by atoms with van der Waals surface area (Å²) in [6, 6.07) is 8.20. The van der Waals surface area contributed by atoms with Gasteiger partial charge in [0.1, 0.15) is 11.6 Å². The molecule has 1 heterocycles. The molecule has 0 aliphatic carbocycles. The van der Waals surface area contributed by atoms with Gasteiger partial charge in [0.25, 0.3) is 5.91 Å². The predicted octanol–water partition coefficient (Wildman–Crippen LogP) is -1.23. The standard InChI is InChI=1S/C21H32N6O.ClH/c1-4-26(5-2)19-6-7-20(17(3)14-19)24-16-18(15-23)21(28)27-12-10-25(9-8-22)11-13-27;/h6-7,14,16,24H,4-5,8-13,22H2,1-3H3;1H/p-1/b18-16-;. The van der Waals surface area contributed by atoms with Gasteiger partial charge in [-0.3, -0.25) is 9.69 Å². The van der Waals surface area contributed by atoms with Gasteiger partial charge in [-0.15, -0.1) is 0 Å². The molecule has 3 N–H and O–H groups in total. The van der Waals surface area contributed by atoms with Gasteiger partial charge in [0.05, 0.1) is 0 Å². The lowest BCUT2D eigenvalue weighted by atomic mass is 10.1. The highest BCUT2D eigenvalue weighted by atomic mass is 35.5. The Morgan fingerprint density at radius 3 is 2.45 bits per heavy atom. The van der Waals surface area contributed by atoms with E-state index in [9.17, 15) is 10.1 Å². The van der Waals surface area contributed by atoms with Crippen LogP contribution in [0.5, 0.6) is 0 Å². The zero-order valence-electron chi connectivity index (χ0n) is 17.6. The summed E-state index contributed by atoms with van der Waals surface area (Å²) in [5.74, 6) is -0.222. The predicted molar refractivity (Wildman–Crippen MR) is 114 cm³/mol. The molecule has 8 heteroatoms. The number of carbonyl (C=O) groups excluding carboxylic acids is 1. The van der Waals surface area contributed by atoms with Gasteiger partial charge in [0.15, 0.2) is 0 Å². The summed E-state index contributed by atoms with van der Waals surface area (Å²) in [6.07, 6.45) is 1.52. The summed E-state index contributed by atoms with van der Waals surface area (Å²) in [5, 5.41) is 12.6. The first-order valence-electron chi connectivity index (χ1n) is 9.98. The molecule has 1 saturated heterocycles. The van der Waals surface area contributed by atoms with Crippen LogP contribution in [0.1, 0.15) is 19.4 Å². The average Bonchev–Trinajstić information content (AvgIpc) is 2.71. The first-order valence-corrected chi connectivity index (χ1v) is 9.98. The first-order chi connectivity index (χ1) is 13.5. The molecule has 0 unspecified atom stereocenters. The third-order valence-electron chi connectivity index (χ3n) is 5.17. The first kappa shape index (κ1) is 24.8. The van der Waals surface area contributed by atoms with Crippen LogP contribution >= 0.6 is 0 Å². The van der Waals surface area contributed by atoms with Crippen molar-refractivity contribution in [1.82, 2.24) is 9.80 Å². The Bertz CT molecular complexity index is 733. The second-order valence-corrected chi connectivity index (χ2v) is 6.91. The van der Waals surface area contributed by atoms with Crippen LogP contribution in [-0.4, -0.2) is 68.1 Å². The molecule has 1 aromatic carbocycles. The minimum Gasteiger partial charge on any atom is -1.00 e. The highest BCUT2D eigenvalue weighted by Gasteiger charge is 2.23. The number of piperazine rings is 1. The lowest BCUT2D eigenvalue weighted by Gasteiger charge is -2.34. The Kier molecular flexibility index (Phi) is 10.5. The maximum atomic E-state index is 12.7. The van der Waals surface area contributed by atoms with Gasteiger partial charge < -0.3 is 33.3 Å². The van der Waals surface area contributed by atoms with Crippen molar-refractivity contribution in [1.29, 1.82) is 5.26 Å². The number of aryl methyl sites for hydroxylation is 1. The van der Waals surface area contributed by atoms with Gasteiger partial charge in [-0.1, -0.05) is 0 Å². The number of anilines is 2. The molecule has 7 nitrogen and oxygen atoms in total. The molecule has 1 aromatic rings. The SMILES string of the molecule is CCN(CC)c1ccc(N/C=C(/C#N)C(=O)N2CCN(CCN)CC2)c(C)c1.[Cl-]. The van der Waals surface area contributed by atoms with Crippen molar-refractivity contribution in [2.45, 2.75) is 20.8 Å². The largest absolute Gasteiger partial charge is 1.00 e. The van der Waals surface area contributed by atoms with Gasteiger partial charge in [0.2, 0.25) is 0 Å². The molecule has 0 spiro atoms. The summed E-state index contributed by atoms with van der Waals surface area (Å²) in [6.45, 7) is 12.5. The van der Waals surface area contributed by atoms with Crippen LogP contribution in [0.15, 0.2) is 30.0 Å². The van der Waals surface area contributed by atoms with E-state index in [4.69, 9.17) is 5.73 Å². The minimum absolute atomic E-state index is 0. The summed E-state index contributed by atoms with van der Waals surface area (Å²) < 4.78 is 0. The number of rotatable bonds is 8. The van der Waals surface area contributed by atoms with Crippen LogP contribution < -0.4 is 28.4 Å². The topological polar surface area (TPSA) is 88.6 Å². The monoisotopic (exact) mass is 419 g/mol. The number of nitriles is 1. The third-order valence-corrected chi connectivity index (χ3v) is 5.17. The number of halogens is 1.